The summed E-state index contributed by atoms with van der Waals surface area (Å²) in [7, 11) is 0. The third-order valence-electron chi connectivity index (χ3n) is 2.00. The zero-order chi connectivity index (χ0) is 8.48. The molecule has 0 aromatic heterocycles. The first-order valence-electron chi connectivity index (χ1n) is 3.70. The van der Waals surface area contributed by atoms with Gasteiger partial charge in [0.15, 0.2) is 0 Å². The van der Waals surface area contributed by atoms with Crippen LogP contribution in [0.2, 0.25) is 0 Å². The minimum atomic E-state index is -2.51. The Balaban J connectivity index is 2.51. The fraction of sp³-hybridized carbons (Fsp3) is 0.857. The van der Waals surface area contributed by atoms with Crippen LogP contribution in [0.1, 0.15) is 19.8 Å². The molecular formula is C7H11F2NO. The van der Waals surface area contributed by atoms with Crippen LogP contribution in [0, 0.1) is 5.41 Å². The zero-order valence-corrected chi connectivity index (χ0v) is 6.36. The number of carbonyl (C=O) groups excluding carboxylic acids is 1. The van der Waals surface area contributed by atoms with Crippen molar-refractivity contribution in [2.45, 2.75) is 26.2 Å². The van der Waals surface area contributed by atoms with E-state index in [9.17, 15) is 13.6 Å². The molecule has 0 unspecified atom stereocenters. The van der Waals surface area contributed by atoms with Crippen LogP contribution < -0.4 is 5.32 Å². The van der Waals surface area contributed by atoms with Crippen LogP contribution in [-0.4, -0.2) is 18.9 Å². The molecule has 1 aliphatic rings. The van der Waals surface area contributed by atoms with Crippen molar-refractivity contribution in [2.24, 2.45) is 5.41 Å². The molecule has 1 aliphatic carbocycles. The molecule has 1 fully saturated rings. The van der Waals surface area contributed by atoms with Crippen molar-refractivity contribution in [3.05, 3.63) is 0 Å². The molecule has 1 amide bonds. The first-order chi connectivity index (χ1) is 5.13. The van der Waals surface area contributed by atoms with E-state index in [4.69, 9.17) is 0 Å². The summed E-state index contributed by atoms with van der Waals surface area (Å²) in [4.78, 5) is 11.0. The molecule has 0 heterocycles. The van der Waals surface area contributed by atoms with E-state index < -0.39 is 17.7 Å². The molecule has 64 valence electrons. The van der Waals surface area contributed by atoms with Gasteiger partial charge < -0.3 is 5.32 Å². The van der Waals surface area contributed by atoms with Crippen LogP contribution in [0.4, 0.5) is 8.78 Å². The van der Waals surface area contributed by atoms with Gasteiger partial charge in [0.05, 0.1) is 0 Å². The molecule has 2 nitrogen and oxygen atoms in total. The molecule has 0 saturated heterocycles. The second-order valence-corrected chi connectivity index (χ2v) is 2.82. The number of rotatable bonds is 3. The second kappa shape index (κ2) is 2.75. The maximum absolute atomic E-state index is 12.2. The Kier molecular flexibility index (Phi) is 2.11. The van der Waals surface area contributed by atoms with Crippen LogP contribution in [0.5, 0.6) is 0 Å². The fourth-order valence-corrected chi connectivity index (χ4v) is 1.02. The topological polar surface area (TPSA) is 29.1 Å². The van der Waals surface area contributed by atoms with Gasteiger partial charge in [-0.3, -0.25) is 4.79 Å². The number of amides is 1. The predicted octanol–water partition coefficient (Wildman–Crippen LogP) is 1.17. The lowest BCUT2D eigenvalue weighted by atomic mass is 10.1. The fourth-order valence-electron chi connectivity index (χ4n) is 1.02. The molecule has 1 saturated carbocycles. The molecule has 0 bridgehead atoms. The molecule has 0 spiro atoms. The van der Waals surface area contributed by atoms with E-state index in [2.05, 4.69) is 5.32 Å². The summed E-state index contributed by atoms with van der Waals surface area (Å²) in [6.07, 6.45) is -1.85. The largest absolute Gasteiger partial charge is 0.356 e. The highest BCUT2D eigenvalue weighted by Gasteiger charge is 2.57. The van der Waals surface area contributed by atoms with Crippen molar-refractivity contribution >= 4 is 5.91 Å². The summed E-state index contributed by atoms with van der Waals surface area (Å²) in [6, 6.07) is 0. The monoisotopic (exact) mass is 163 g/mol. The van der Waals surface area contributed by atoms with Gasteiger partial charge in [-0.05, 0) is 19.8 Å². The highest BCUT2D eigenvalue weighted by Crippen LogP contribution is 2.50. The number of halogens is 2. The quantitative estimate of drug-likeness (QED) is 0.664. The first kappa shape index (κ1) is 8.43. The first-order valence-corrected chi connectivity index (χ1v) is 3.70. The van der Waals surface area contributed by atoms with Crippen LogP contribution >= 0.6 is 0 Å². The van der Waals surface area contributed by atoms with Crippen LogP contribution in [0.15, 0.2) is 0 Å². The third-order valence-corrected chi connectivity index (χ3v) is 2.00. The van der Waals surface area contributed by atoms with Gasteiger partial charge in [-0.25, -0.2) is 8.78 Å². The van der Waals surface area contributed by atoms with Crippen molar-refractivity contribution in [3.8, 4) is 0 Å². The molecule has 0 aromatic carbocycles. The van der Waals surface area contributed by atoms with Crippen LogP contribution in [0.25, 0.3) is 0 Å². The maximum atomic E-state index is 12.2. The molecule has 11 heavy (non-hydrogen) atoms. The Hall–Kier alpha value is -0.670. The summed E-state index contributed by atoms with van der Waals surface area (Å²) >= 11 is 0. The summed E-state index contributed by atoms with van der Waals surface area (Å²) in [5, 5.41) is 2.41. The lowest BCUT2D eigenvalue weighted by Gasteiger charge is -2.12. The van der Waals surface area contributed by atoms with Gasteiger partial charge in [-0.1, -0.05) is 0 Å². The maximum Gasteiger partial charge on any atom is 0.252 e. The van der Waals surface area contributed by atoms with E-state index in [1.54, 1.807) is 6.92 Å². The van der Waals surface area contributed by atoms with Gasteiger partial charge in [0.25, 0.3) is 6.43 Å². The number of hydrogen-bond donors (Lipinski definition) is 1. The molecule has 0 radical (unpaired) electrons. The normalized spacial score (nSPS) is 20.0. The Morgan fingerprint density at radius 1 is 1.64 bits per heavy atom. The van der Waals surface area contributed by atoms with Crippen molar-refractivity contribution in [1.29, 1.82) is 0 Å². The van der Waals surface area contributed by atoms with E-state index >= 15 is 0 Å². The second-order valence-electron chi connectivity index (χ2n) is 2.82. The Morgan fingerprint density at radius 3 is 2.45 bits per heavy atom. The van der Waals surface area contributed by atoms with Gasteiger partial charge in [0, 0.05) is 6.54 Å². The van der Waals surface area contributed by atoms with Crippen LogP contribution in [0.3, 0.4) is 0 Å². The van der Waals surface area contributed by atoms with E-state index in [0.29, 0.717) is 19.4 Å². The molecule has 4 heteroatoms. The van der Waals surface area contributed by atoms with Gasteiger partial charge in [-0.2, -0.15) is 0 Å². The van der Waals surface area contributed by atoms with Crippen molar-refractivity contribution in [3.63, 3.8) is 0 Å². The van der Waals surface area contributed by atoms with E-state index in [-0.39, 0.29) is 0 Å². The van der Waals surface area contributed by atoms with E-state index in [1.165, 1.54) is 0 Å². The molecule has 1 N–H and O–H groups in total. The van der Waals surface area contributed by atoms with Gasteiger partial charge in [-0.15, -0.1) is 0 Å². The zero-order valence-electron chi connectivity index (χ0n) is 6.36. The van der Waals surface area contributed by atoms with Crippen molar-refractivity contribution in [2.75, 3.05) is 6.54 Å². The van der Waals surface area contributed by atoms with Gasteiger partial charge >= 0.3 is 0 Å². The third kappa shape index (κ3) is 1.34. The Morgan fingerprint density at radius 2 is 2.18 bits per heavy atom. The lowest BCUT2D eigenvalue weighted by Crippen LogP contribution is -2.35. The lowest BCUT2D eigenvalue weighted by molar-refractivity contribution is -0.131. The highest BCUT2D eigenvalue weighted by atomic mass is 19.3. The van der Waals surface area contributed by atoms with E-state index in [1.807, 2.05) is 0 Å². The average Bonchev–Trinajstić information content (AvgIpc) is 2.66. The Labute approximate surface area is 64.0 Å². The minimum absolute atomic E-state index is 0.330. The van der Waals surface area contributed by atoms with Crippen molar-refractivity contribution < 1.29 is 13.6 Å². The molecular weight excluding hydrogens is 152 g/mol. The predicted molar refractivity (Wildman–Crippen MR) is 36.4 cm³/mol. The number of nitrogens with one attached hydrogen (secondary N) is 1. The Bertz CT molecular complexity index is 166. The molecule has 1 rings (SSSR count). The minimum Gasteiger partial charge on any atom is -0.356 e. The van der Waals surface area contributed by atoms with Crippen molar-refractivity contribution in [1.82, 2.24) is 5.32 Å². The number of carbonyl (C=O) groups is 1. The van der Waals surface area contributed by atoms with Crippen LogP contribution in [-0.2, 0) is 4.79 Å². The van der Waals surface area contributed by atoms with Gasteiger partial charge in [0.1, 0.15) is 5.41 Å². The SMILES string of the molecule is CCNC(=O)C1(C(F)F)CC1. The molecule has 0 aromatic rings. The molecule has 0 aliphatic heterocycles. The smallest absolute Gasteiger partial charge is 0.252 e. The summed E-state index contributed by atoms with van der Waals surface area (Å²) < 4.78 is 24.4. The average molecular weight is 163 g/mol. The highest BCUT2D eigenvalue weighted by molar-refractivity contribution is 5.85. The standard InChI is InChI=1S/C7H11F2NO/c1-2-10-6(11)7(3-4-7)5(8)9/h5H,2-4H2,1H3,(H,10,11). The number of hydrogen-bond acceptors (Lipinski definition) is 1. The van der Waals surface area contributed by atoms with E-state index in [0.717, 1.165) is 0 Å². The summed E-state index contributed by atoms with van der Waals surface area (Å²) in [5.41, 5.74) is -1.32. The summed E-state index contributed by atoms with van der Waals surface area (Å²) in [5.74, 6) is -0.491. The number of alkyl halides is 2. The molecule has 0 atom stereocenters. The summed E-state index contributed by atoms with van der Waals surface area (Å²) in [6.45, 7) is 2.15. The van der Waals surface area contributed by atoms with Gasteiger partial charge in [0.2, 0.25) is 5.91 Å².